The maximum atomic E-state index is 11.8. The van der Waals surface area contributed by atoms with E-state index in [1.807, 2.05) is 0 Å². The lowest BCUT2D eigenvalue weighted by molar-refractivity contribution is -0.357. The molecule has 0 unspecified atom stereocenters. The first-order valence-electron chi connectivity index (χ1n) is 11.1. The fraction of sp³-hybridized carbons (Fsp3) is 0.682. The van der Waals surface area contributed by atoms with Gasteiger partial charge in [0.2, 0.25) is 0 Å². The summed E-state index contributed by atoms with van der Waals surface area (Å²) in [5.74, 6) is -1.34. The molecule has 1 aromatic carbocycles. The predicted molar refractivity (Wildman–Crippen MR) is 114 cm³/mol. The van der Waals surface area contributed by atoms with E-state index in [4.69, 9.17) is 23.7 Å². The molecule has 0 radical (unpaired) electrons. The first-order valence-corrected chi connectivity index (χ1v) is 11.1. The minimum atomic E-state index is -1.69. The first-order chi connectivity index (χ1) is 16.5. The molecule has 2 aliphatic rings. The summed E-state index contributed by atoms with van der Waals surface area (Å²) in [4.78, 5) is 11.8. The van der Waals surface area contributed by atoms with Gasteiger partial charge in [-0.05, 0) is 31.0 Å². The third-order valence-corrected chi connectivity index (χ3v) is 5.91. The minimum absolute atomic E-state index is 0.0158. The lowest BCUT2D eigenvalue weighted by atomic mass is 9.97. The van der Waals surface area contributed by atoms with Crippen molar-refractivity contribution in [1.82, 2.24) is 0 Å². The fourth-order valence-corrected chi connectivity index (χ4v) is 3.95. The van der Waals surface area contributed by atoms with Crippen LogP contribution in [0, 0.1) is 0 Å². The van der Waals surface area contributed by atoms with Crippen LogP contribution in [-0.2, 0) is 34.9 Å². The number of carbonyl (C=O) groups is 1. The number of aliphatic hydroxyl groups excluding tert-OH is 5. The average molecular weight is 504 g/mol. The molecule has 2 saturated heterocycles. The summed E-state index contributed by atoms with van der Waals surface area (Å²) >= 11 is 0. The van der Waals surface area contributed by atoms with E-state index >= 15 is 0 Å². The van der Waals surface area contributed by atoms with Gasteiger partial charge in [-0.25, -0.2) is 0 Å². The lowest BCUT2D eigenvalue weighted by Crippen LogP contribution is -2.65. The molecule has 0 saturated carbocycles. The maximum Gasteiger partial charge on any atom is 0.303 e. The van der Waals surface area contributed by atoms with E-state index in [2.05, 4.69) is 0 Å². The molecule has 198 valence electrons. The zero-order chi connectivity index (χ0) is 25.9. The Hall–Kier alpha value is -2.07. The van der Waals surface area contributed by atoms with Crippen LogP contribution in [0.4, 0.5) is 0 Å². The molecule has 13 nitrogen and oxygen atoms in total. The van der Waals surface area contributed by atoms with E-state index in [1.165, 1.54) is 19.1 Å². The summed E-state index contributed by atoms with van der Waals surface area (Å²) in [5.41, 5.74) is 0.618. The zero-order valence-corrected chi connectivity index (χ0v) is 19.2. The number of ether oxygens (including phenoxy) is 5. The predicted octanol–water partition coefficient (Wildman–Crippen LogP) is -2.12. The number of rotatable bonds is 8. The SMILES string of the molecule is CC(=O)O[C@@H]1[C@H](OCCc2ccc(O)c(O)c2)O[C@@H](CO)[C@@H](O)[C@@H]1O[C@H]1O[C@@H](C)[C@H](O)[C@H](O)[C@@H]1O. The topological polar surface area (TPSA) is 205 Å². The van der Waals surface area contributed by atoms with Gasteiger partial charge < -0.3 is 59.4 Å². The van der Waals surface area contributed by atoms with Crippen molar-refractivity contribution in [1.29, 1.82) is 0 Å². The van der Waals surface area contributed by atoms with Crippen molar-refractivity contribution in [2.45, 2.75) is 81.7 Å². The van der Waals surface area contributed by atoms with Crippen LogP contribution >= 0.6 is 0 Å². The van der Waals surface area contributed by atoms with Gasteiger partial charge in [0, 0.05) is 6.92 Å². The Morgan fingerprint density at radius 1 is 0.943 bits per heavy atom. The molecule has 35 heavy (non-hydrogen) atoms. The highest BCUT2D eigenvalue weighted by Crippen LogP contribution is 2.31. The van der Waals surface area contributed by atoms with Crippen LogP contribution in [0.2, 0.25) is 0 Å². The number of hydrogen-bond acceptors (Lipinski definition) is 13. The number of phenolic OH excluding ortho intramolecular Hbond substituents is 2. The second-order valence-electron chi connectivity index (χ2n) is 8.52. The highest BCUT2D eigenvalue weighted by atomic mass is 16.7. The Morgan fingerprint density at radius 3 is 2.29 bits per heavy atom. The zero-order valence-electron chi connectivity index (χ0n) is 19.2. The molecule has 1 aromatic rings. The summed E-state index contributed by atoms with van der Waals surface area (Å²) < 4.78 is 27.7. The summed E-state index contributed by atoms with van der Waals surface area (Å²) in [5, 5.41) is 69.8. The van der Waals surface area contributed by atoms with Crippen molar-refractivity contribution >= 4 is 5.97 Å². The van der Waals surface area contributed by atoms with Crippen LogP contribution in [0.1, 0.15) is 19.4 Å². The molecule has 0 aliphatic carbocycles. The van der Waals surface area contributed by atoms with Gasteiger partial charge in [-0.1, -0.05) is 6.07 Å². The van der Waals surface area contributed by atoms with Crippen molar-refractivity contribution in [3.8, 4) is 11.5 Å². The molecule has 2 fully saturated rings. The summed E-state index contributed by atoms with van der Waals surface area (Å²) in [6.07, 6.45) is -13.7. The standard InChI is InChI=1S/C22H32O13/c1-9-15(27)17(29)18(30)21(32-9)35-19-16(28)14(8-23)34-22(20(19)33-10(2)24)31-6-5-11-3-4-12(25)13(26)7-11/h3-4,7,9,14-23,25-30H,5-6,8H2,1-2H3/t9-,14-,15-,16+,17-,18-,19-,20-,21+,22+/m0/s1. The summed E-state index contributed by atoms with van der Waals surface area (Å²) in [6, 6.07) is 4.23. The third-order valence-electron chi connectivity index (χ3n) is 5.91. The Kier molecular flexibility index (Phi) is 9.26. The molecule has 2 heterocycles. The molecule has 0 aromatic heterocycles. The van der Waals surface area contributed by atoms with Gasteiger partial charge in [0.15, 0.2) is 30.2 Å². The smallest absolute Gasteiger partial charge is 0.303 e. The molecule has 13 heteroatoms. The van der Waals surface area contributed by atoms with Gasteiger partial charge in [0.05, 0.1) is 19.3 Å². The van der Waals surface area contributed by atoms with Crippen molar-refractivity contribution in [3.63, 3.8) is 0 Å². The van der Waals surface area contributed by atoms with Crippen LogP contribution in [-0.4, -0.2) is 116 Å². The molecular formula is C22H32O13. The van der Waals surface area contributed by atoms with Crippen molar-refractivity contribution in [2.24, 2.45) is 0 Å². The van der Waals surface area contributed by atoms with E-state index in [1.54, 1.807) is 6.07 Å². The average Bonchev–Trinajstić information content (AvgIpc) is 2.81. The Bertz CT molecular complexity index is 851. The van der Waals surface area contributed by atoms with E-state index in [9.17, 15) is 40.5 Å². The van der Waals surface area contributed by atoms with Crippen molar-refractivity contribution in [2.75, 3.05) is 13.2 Å². The van der Waals surface area contributed by atoms with Crippen LogP contribution < -0.4 is 0 Å². The fourth-order valence-electron chi connectivity index (χ4n) is 3.95. The number of aromatic hydroxyl groups is 2. The first kappa shape index (κ1) is 27.5. The molecule has 7 N–H and O–H groups in total. The second-order valence-corrected chi connectivity index (χ2v) is 8.52. The lowest BCUT2D eigenvalue weighted by Gasteiger charge is -2.46. The van der Waals surface area contributed by atoms with E-state index < -0.39 is 74.0 Å². The minimum Gasteiger partial charge on any atom is -0.504 e. The van der Waals surface area contributed by atoms with Gasteiger partial charge in [0.1, 0.15) is 36.6 Å². The number of phenols is 2. The number of aliphatic hydroxyl groups is 5. The molecule has 0 amide bonds. The molecule has 2 aliphatic heterocycles. The van der Waals surface area contributed by atoms with Crippen LogP contribution in [0.3, 0.4) is 0 Å². The number of hydrogen-bond donors (Lipinski definition) is 7. The molecule has 0 bridgehead atoms. The van der Waals surface area contributed by atoms with E-state index in [-0.39, 0.29) is 24.5 Å². The molecule has 0 spiro atoms. The third kappa shape index (κ3) is 6.39. The monoisotopic (exact) mass is 504 g/mol. The van der Waals surface area contributed by atoms with Gasteiger partial charge in [-0.3, -0.25) is 4.79 Å². The highest BCUT2D eigenvalue weighted by Gasteiger charge is 2.52. The Labute approximate surface area is 201 Å². The Morgan fingerprint density at radius 2 is 1.66 bits per heavy atom. The van der Waals surface area contributed by atoms with E-state index in [0.717, 1.165) is 6.92 Å². The van der Waals surface area contributed by atoms with Crippen molar-refractivity contribution < 1.29 is 64.2 Å². The van der Waals surface area contributed by atoms with Crippen molar-refractivity contribution in [3.05, 3.63) is 23.8 Å². The van der Waals surface area contributed by atoms with Gasteiger partial charge in [0.25, 0.3) is 0 Å². The van der Waals surface area contributed by atoms with Gasteiger partial charge in [-0.2, -0.15) is 0 Å². The largest absolute Gasteiger partial charge is 0.504 e. The van der Waals surface area contributed by atoms with Gasteiger partial charge >= 0.3 is 5.97 Å². The van der Waals surface area contributed by atoms with Crippen LogP contribution in [0.25, 0.3) is 0 Å². The normalized spacial score (nSPS) is 37.7. The molecule has 3 rings (SSSR count). The quantitative estimate of drug-likeness (QED) is 0.150. The summed E-state index contributed by atoms with van der Waals surface area (Å²) in [7, 11) is 0. The van der Waals surface area contributed by atoms with Crippen LogP contribution in [0.5, 0.6) is 11.5 Å². The maximum absolute atomic E-state index is 11.8. The Balaban J connectivity index is 1.76. The van der Waals surface area contributed by atoms with E-state index in [0.29, 0.717) is 5.56 Å². The molecular weight excluding hydrogens is 472 g/mol. The van der Waals surface area contributed by atoms with Gasteiger partial charge in [-0.15, -0.1) is 0 Å². The number of carbonyl (C=O) groups excluding carboxylic acids is 1. The molecule has 10 atom stereocenters. The number of benzene rings is 1. The highest BCUT2D eigenvalue weighted by molar-refractivity contribution is 5.66. The van der Waals surface area contributed by atoms with Crippen LogP contribution in [0.15, 0.2) is 18.2 Å². The number of esters is 1. The summed E-state index contributed by atoms with van der Waals surface area (Å²) in [6.45, 7) is 1.90. The second kappa shape index (κ2) is 11.8.